The number of aryl methyl sites for hydroxylation is 1. The van der Waals surface area contributed by atoms with Gasteiger partial charge in [0, 0.05) is 12.0 Å². The SMILES string of the molecule is CCCCC(C)(C)C(=O)OC1CCc2cc([C@H]3CC[C@@](N)(COP(=O)(O)O)C3)ccc2C1. The van der Waals surface area contributed by atoms with Crippen molar-refractivity contribution in [1.82, 2.24) is 0 Å². The maximum absolute atomic E-state index is 12.7. The van der Waals surface area contributed by atoms with Crippen LogP contribution in [0.1, 0.15) is 88.3 Å². The number of unbranched alkanes of at least 4 members (excludes halogenated alkanes) is 1. The topological polar surface area (TPSA) is 119 Å². The molecule has 2 aliphatic carbocycles. The van der Waals surface area contributed by atoms with Crippen molar-refractivity contribution in [3.8, 4) is 0 Å². The van der Waals surface area contributed by atoms with Crippen molar-refractivity contribution < 1.29 is 28.4 Å². The lowest BCUT2D eigenvalue weighted by Gasteiger charge is -2.30. The van der Waals surface area contributed by atoms with E-state index in [4.69, 9.17) is 20.3 Å². The van der Waals surface area contributed by atoms with E-state index in [-0.39, 0.29) is 24.6 Å². The zero-order chi connectivity index (χ0) is 23.6. The first-order valence-electron chi connectivity index (χ1n) is 11.7. The van der Waals surface area contributed by atoms with Gasteiger partial charge < -0.3 is 20.3 Å². The Balaban J connectivity index is 1.59. The van der Waals surface area contributed by atoms with E-state index in [1.165, 1.54) is 16.7 Å². The minimum atomic E-state index is -4.52. The lowest BCUT2D eigenvalue weighted by atomic mass is 9.84. The fourth-order valence-electron chi connectivity index (χ4n) is 4.91. The summed E-state index contributed by atoms with van der Waals surface area (Å²) in [6.07, 6.45) is 7.48. The average molecular weight is 468 g/mol. The lowest BCUT2D eigenvalue weighted by molar-refractivity contribution is -0.160. The van der Waals surface area contributed by atoms with Crippen molar-refractivity contribution in [2.75, 3.05) is 6.61 Å². The first kappa shape index (κ1) is 25.4. The summed E-state index contributed by atoms with van der Waals surface area (Å²) < 4.78 is 21.6. The van der Waals surface area contributed by atoms with E-state index in [0.717, 1.165) is 44.9 Å². The molecule has 1 fully saturated rings. The zero-order valence-corrected chi connectivity index (χ0v) is 20.4. The molecule has 0 bridgehead atoms. The normalized spacial score (nSPS) is 26.1. The summed E-state index contributed by atoms with van der Waals surface area (Å²) in [5, 5.41) is 0. The highest BCUT2D eigenvalue weighted by Crippen LogP contribution is 2.44. The Hall–Kier alpha value is -1.24. The van der Waals surface area contributed by atoms with Crippen LogP contribution in [0.25, 0.3) is 0 Å². The summed E-state index contributed by atoms with van der Waals surface area (Å²) >= 11 is 0. The van der Waals surface area contributed by atoms with Crippen LogP contribution in [0.4, 0.5) is 0 Å². The van der Waals surface area contributed by atoms with Gasteiger partial charge in [0.05, 0.1) is 12.0 Å². The molecular formula is C24H38NO6P. The number of carbonyl (C=O) groups is 1. The molecule has 0 saturated heterocycles. The van der Waals surface area contributed by atoms with Crippen molar-refractivity contribution >= 4 is 13.8 Å². The molecule has 1 saturated carbocycles. The van der Waals surface area contributed by atoms with E-state index in [1.807, 2.05) is 13.8 Å². The summed E-state index contributed by atoms with van der Waals surface area (Å²) in [7, 11) is -4.52. The first-order chi connectivity index (χ1) is 14.9. The maximum atomic E-state index is 12.7. The number of esters is 1. The molecule has 0 aliphatic heterocycles. The molecule has 3 rings (SSSR count). The fraction of sp³-hybridized carbons (Fsp3) is 0.708. The number of carbonyl (C=O) groups excluding carboxylic acids is 1. The smallest absolute Gasteiger partial charge is 0.462 e. The van der Waals surface area contributed by atoms with Gasteiger partial charge in [0.15, 0.2) is 0 Å². The first-order valence-corrected chi connectivity index (χ1v) is 13.3. The van der Waals surface area contributed by atoms with E-state index in [1.54, 1.807) is 0 Å². The molecule has 0 spiro atoms. The predicted octanol–water partition coefficient (Wildman–Crippen LogP) is 4.38. The molecule has 0 aromatic heterocycles. The molecule has 1 aromatic carbocycles. The van der Waals surface area contributed by atoms with E-state index < -0.39 is 18.8 Å². The van der Waals surface area contributed by atoms with Crippen LogP contribution in [0.3, 0.4) is 0 Å². The summed E-state index contributed by atoms with van der Waals surface area (Å²) in [6.45, 7) is 5.93. The van der Waals surface area contributed by atoms with Crippen LogP contribution >= 0.6 is 7.82 Å². The number of nitrogens with two attached hydrogens (primary N) is 1. The van der Waals surface area contributed by atoms with Gasteiger partial charge in [-0.15, -0.1) is 0 Å². The molecule has 8 heteroatoms. The van der Waals surface area contributed by atoms with Crippen LogP contribution < -0.4 is 5.73 Å². The Bertz CT molecular complexity index is 866. The Morgan fingerprint density at radius 3 is 2.72 bits per heavy atom. The van der Waals surface area contributed by atoms with Gasteiger partial charge in [0.1, 0.15) is 6.10 Å². The van der Waals surface area contributed by atoms with Crippen molar-refractivity contribution in [1.29, 1.82) is 0 Å². The Morgan fingerprint density at radius 1 is 1.28 bits per heavy atom. The molecule has 32 heavy (non-hydrogen) atoms. The van der Waals surface area contributed by atoms with Gasteiger partial charge >= 0.3 is 13.8 Å². The summed E-state index contributed by atoms with van der Waals surface area (Å²) in [6, 6.07) is 6.49. The van der Waals surface area contributed by atoms with Crippen LogP contribution in [0.5, 0.6) is 0 Å². The Labute approximate surface area is 191 Å². The Morgan fingerprint density at radius 2 is 2.03 bits per heavy atom. The molecule has 1 aromatic rings. The van der Waals surface area contributed by atoms with E-state index >= 15 is 0 Å². The second-order valence-electron chi connectivity index (χ2n) is 10.4. The largest absolute Gasteiger partial charge is 0.469 e. The van der Waals surface area contributed by atoms with E-state index in [9.17, 15) is 9.36 Å². The molecule has 0 amide bonds. The van der Waals surface area contributed by atoms with Crippen molar-refractivity contribution in [2.45, 2.75) is 96.1 Å². The van der Waals surface area contributed by atoms with Crippen LogP contribution in [0.2, 0.25) is 0 Å². The number of hydrogen-bond acceptors (Lipinski definition) is 5. The standard InChI is InChI=1S/C24H38NO6P/c1-4-5-11-23(2,3)22(26)31-21-9-8-17-13-18(6-7-19(17)14-21)20-10-12-24(25,15-20)16-30-32(27,28)29/h6-7,13,20-21H,4-5,8-12,14-16,25H2,1-3H3,(H2,27,28,29)/t20-,21?,24-/m0/s1. The van der Waals surface area contributed by atoms with Gasteiger partial charge in [0.2, 0.25) is 0 Å². The molecule has 4 N–H and O–H groups in total. The van der Waals surface area contributed by atoms with Gasteiger partial charge in [-0.25, -0.2) is 4.57 Å². The van der Waals surface area contributed by atoms with Gasteiger partial charge in [0.25, 0.3) is 0 Å². The Kier molecular flexibility index (Phi) is 7.89. The highest BCUT2D eigenvalue weighted by molar-refractivity contribution is 7.46. The quantitative estimate of drug-likeness (QED) is 0.364. The molecule has 2 aliphatic rings. The third-order valence-corrected chi connectivity index (χ3v) is 7.50. The molecule has 0 heterocycles. The minimum absolute atomic E-state index is 0.0743. The van der Waals surface area contributed by atoms with E-state index in [2.05, 4.69) is 29.6 Å². The lowest BCUT2D eigenvalue weighted by Crippen LogP contribution is -2.41. The number of fused-ring (bicyclic) bond motifs is 1. The van der Waals surface area contributed by atoms with E-state index in [0.29, 0.717) is 12.8 Å². The summed E-state index contributed by atoms with van der Waals surface area (Å²) in [5.41, 5.74) is 8.92. The van der Waals surface area contributed by atoms with Gasteiger partial charge in [-0.3, -0.25) is 9.32 Å². The number of benzene rings is 1. The summed E-state index contributed by atoms with van der Waals surface area (Å²) in [5.74, 6) is 0.152. The van der Waals surface area contributed by atoms with Crippen molar-refractivity contribution in [3.05, 3.63) is 34.9 Å². The van der Waals surface area contributed by atoms with Crippen molar-refractivity contribution in [3.63, 3.8) is 0 Å². The summed E-state index contributed by atoms with van der Waals surface area (Å²) in [4.78, 5) is 30.6. The second kappa shape index (κ2) is 9.94. The molecule has 3 atom stereocenters. The average Bonchev–Trinajstić information content (AvgIpc) is 3.12. The molecule has 1 unspecified atom stereocenters. The number of phosphoric acid groups is 1. The van der Waals surface area contributed by atoms with Crippen LogP contribution in [-0.4, -0.2) is 34.0 Å². The third kappa shape index (κ3) is 6.64. The van der Waals surface area contributed by atoms with Gasteiger partial charge in [-0.05, 0) is 75.0 Å². The van der Waals surface area contributed by atoms with Crippen molar-refractivity contribution in [2.24, 2.45) is 11.1 Å². The number of rotatable bonds is 9. The number of ether oxygens (including phenoxy) is 1. The highest BCUT2D eigenvalue weighted by atomic mass is 31.2. The second-order valence-corrected chi connectivity index (χ2v) is 11.6. The van der Waals surface area contributed by atoms with Gasteiger partial charge in [-0.2, -0.15) is 0 Å². The molecule has 0 radical (unpaired) electrons. The third-order valence-electron chi connectivity index (χ3n) is 7.03. The predicted molar refractivity (Wildman–Crippen MR) is 123 cm³/mol. The highest BCUT2D eigenvalue weighted by Gasteiger charge is 2.39. The van der Waals surface area contributed by atoms with Crippen LogP contribution in [0, 0.1) is 5.41 Å². The maximum Gasteiger partial charge on any atom is 0.469 e. The van der Waals surface area contributed by atoms with Crippen LogP contribution in [0.15, 0.2) is 18.2 Å². The monoisotopic (exact) mass is 467 g/mol. The molecular weight excluding hydrogens is 429 g/mol. The number of hydrogen-bond donors (Lipinski definition) is 3. The molecule has 7 nitrogen and oxygen atoms in total. The van der Waals surface area contributed by atoms with Gasteiger partial charge in [-0.1, -0.05) is 38.0 Å². The fourth-order valence-corrected chi connectivity index (χ4v) is 5.34. The number of phosphoric ester groups is 1. The molecule has 180 valence electrons. The zero-order valence-electron chi connectivity index (χ0n) is 19.5. The minimum Gasteiger partial charge on any atom is -0.462 e. The van der Waals surface area contributed by atoms with Crippen LogP contribution in [-0.2, 0) is 31.5 Å².